The second kappa shape index (κ2) is 4.26. The van der Waals surface area contributed by atoms with Gasteiger partial charge >= 0.3 is 0 Å². The molecule has 0 saturated carbocycles. The van der Waals surface area contributed by atoms with Crippen molar-refractivity contribution in [2.45, 2.75) is 11.3 Å². The van der Waals surface area contributed by atoms with Crippen LogP contribution in [0, 0.1) is 0 Å². The van der Waals surface area contributed by atoms with Crippen LogP contribution < -0.4 is 5.32 Å². The summed E-state index contributed by atoms with van der Waals surface area (Å²) >= 11 is 1.58. The lowest BCUT2D eigenvalue weighted by Crippen LogP contribution is -2.29. The second-order valence-corrected chi connectivity index (χ2v) is 3.94. The average molecular weight is 224 g/mol. The van der Waals surface area contributed by atoms with E-state index in [4.69, 9.17) is 5.21 Å². The normalized spacial score (nSPS) is 27.9. The number of thioether (sulfide) groups is 1. The molecule has 2 aliphatic heterocycles. The Kier molecular flexibility index (Phi) is 2.82. The fourth-order valence-corrected chi connectivity index (χ4v) is 2.10. The van der Waals surface area contributed by atoms with Crippen molar-refractivity contribution in [3.63, 3.8) is 0 Å². The predicted octanol–water partition coefficient (Wildman–Crippen LogP) is 0.000700. The Hall–Kier alpha value is -1.63. The first-order valence-corrected chi connectivity index (χ1v) is 5.15. The summed E-state index contributed by atoms with van der Waals surface area (Å²) in [4.78, 5) is 19.2. The highest BCUT2D eigenvalue weighted by atomic mass is 32.2. The van der Waals surface area contributed by atoms with Crippen LogP contribution in [-0.2, 0) is 4.79 Å². The molecule has 2 N–H and O–H groups in total. The lowest BCUT2D eigenvalue weighted by Gasteiger charge is -2.15. The fourth-order valence-electron chi connectivity index (χ4n) is 1.24. The monoisotopic (exact) mass is 224 g/mol. The summed E-state index contributed by atoms with van der Waals surface area (Å²) < 4.78 is 0. The quantitative estimate of drug-likeness (QED) is 0.393. The number of amides is 1. The van der Waals surface area contributed by atoms with Crippen LogP contribution in [0.1, 0.15) is 0 Å². The van der Waals surface area contributed by atoms with Crippen molar-refractivity contribution >= 4 is 35.6 Å². The molecule has 2 unspecified atom stereocenters. The summed E-state index contributed by atoms with van der Waals surface area (Å²) in [6, 6.07) is 0.0714. The maximum atomic E-state index is 11.0. The Bertz CT molecular complexity index is 388. The number of nitrogens with one attached hydrogen (secondary N) is 1. The third-order valence-electron chi connectivity index (χ3n) is 1.90. The van der Waals surface area contributed by atoms with Gasteiger partial charge in [0.05, 0.1) is 10.8 Å². The van der Waals surface area contributed by atoms with E-state index in [9.17, 15) is 4.79 Å². The van der Waals surface area contributed by atoms with Crippen molar-refractivity contribution in [2.24, 2.45) is 15.1 Å². The van der Waals surface area contributed by atoms with Gasteiger partial charge in [0.25, 0.3) is 5.91 Å². The Balaban J connectivity index is 2.00. The zero-order valence-electron chi connectivity index (χ0n) is 7.57. The van der Waals surface area contributed by atoms with Crippen molar-refractivity contribution in [1.82, 2.24) is 5.32 Å². The van der Waals surface area contributed by atoms with Gasteiger partial charge in [0.15, 0.2) is 0 Å². The molecular weight excluding hydrogens is 216 g/mol. The first-order valence-electron chi connectivity index (χ1n) is 4.21. The number of oxime groups is 1. The molecule has 2 aliphatic rings. The minimum Gasteiger partial charge on any atom is -0.411 e. The molecule has 7 heteroatoms. The lowest BCUT2D eigenvalue weighted by atomic mass is 10.2. The van der Waals surface area contributed by atoms with Gasteiger partial charge in [-0.1, -0.05) is 5.16 Å². The topological polar surface area (TPSA) is 86.4 Å². The van der Waals surface area contributed by atoms with Crippen LogP contribution in [0.5, 0.6) is 0 Å². The third-order valence-corrected chi connectivity index (χ3v) is 2.87. The Morgan fingerprint density at radius 2 is 2.60 bits per heavy atom. The standard InChI is InChI=1S/C8H8N4O2S/c13-8(3-11-14)12-7-1-6-5(2-9-7)10-4-15-6/h1-6,14H,(H,12,13)/b11-3+. The molecule has 2 rings (SSSR count). The van der Waals surface area contributed by atoms with E-state index in [1.54, 1.807) is 23.5 Å². The first kappa shape index (κ1) is 9.91. The zero-order valence-corrected chi connectivity index (χ0v) is 8.39. The van der Waals surface area contributed by atoms with Crippen LogP contribution >= 0.6 is 11.8 Å². The molecule has 0 fully saturated rings. The third kappa shape index (κ3) is 2.24. The smallest absolute Gasteiger partial charge is 0.271 e. The highest BCUT2D eigenvalue weighted by Gasteiger charge is 2.25. The molecule has 0 saturated heterocycles. The van der Waals surface area contributed by atoms with Gasteiger partial charge in [0.2, 0.25) is 0 Å². The largest absolute Gasteiger partial charge is 0.411 e. The molecule has 0 aliphatic carbocycles. The van der Waals surface area contributed by atoms with E-state index < -0.39 is 5.91 Å². The maximum Gasteiger partial charge on any atom is 0.271 e. The second-order valence-electron chi connectivity index (χ2n) is 2.91. The van der Waals surface area contributed by atoms with Crippen LogP contribution in [0.3, 0.4) is 0 Å². The minimum absolute atomic E-state index is 0.0714. The summed E-state index contributed by atoms with van der Waals surface area (Å²) in [7, 11) is 0. The molecule has 6 nitrogen and oxygen atoms in total. The molecule has 2 heterocycles. The molecule has 15 heavy (non-hydrogen) atoms. The predicted molar refractivity (Wildman–Crippen MR) is 58.7 cm³/mol. The van der Waals surface area contributed by atoms with Crippen LogP contribution in [0.4, 0.5) is 0 Å². The van der Waals surface area contributed by atoms with Crippen LogP contribution in [0.15, 0.2) is 27.0 Å². The zero-order chi connectivity index (χ0) is 10.7. The summed E-state index contributed by atoms with van der Waals surface area (Å²) in [5.41, 5.74) is 1.78. The molecule has 0 spiro atoms. The number of nitrogens with zero attached hydrogens (tertiary/aromatic N) is 3. The van der Waals surface area contributed by atoms with E-state index in [2.05, 4.69) is 20.5 Å². The Labute approximate surface area is 89.9 Å². The number of carbonyl (C=O) groups is 1. The minimum atomic E-state index is -0.511. The number of aliphatic imine (C=N–C) groups is 2. The van der Waals surface area contributed by atoms with E-state index in [1.165, 1.54) is 0 Å². The number of hydrogen-bond donors (Lipinski definition) is 2. The first-order chi connectivity index (χ1) is 7.29. The average Bonchev–Trinajstić information content (AvgIpc) is 2.65. The highest BCUT2D eigenvalue weighted by Crippen LogP contribution is 2.25. The van der Waals surface area contributed by atoms with Gasteiger partial charge in [-0.25, -0.2) is 4.99 Å². The fraction of sp³-hybridized carbons (Fsp3) is 0.250. The van der Waals surface area contributed by atoms with Crippen LogP contribution in [-0.4, -0.2) is 40.4 Å². The van der Waals surface area contributed by atoms with E-state index in [1.807, 2.05) is 6.08 Å². The Morgan fingerprint density at radius 1 is 1.73 bits per heavy atom. The van der Waals surface area contributed by atoms with Gasteiger partial charge in [0.1, 0.15) is 18.1 Å². The SMILES string of the molecule is O=C(/C=N/O)NC1=CC2SC=NC2C=N1. The van der Waals surface area contributed by atoms with Gasteiger partial charge in [-0.2, -0.15) is 0 Å². The van der Waals surface area contributed by atoms with Crippen molar-refractivity contribution in [3.05, 3.63) is 11.9 Å². The lowest BCUT2D eigenvalue weighted by molar-refractivity contribution is -0.113. The van der Waals surface area contributed by atoms with Crippen molar-refractivity contribution in [2.75, 3.05) is 0 Å². The van der Waals surface area contributed by atoms with Crippen molar-refractivity contribution in [3.8, 4) is 0 Å². The van der Waals surface area contributed by atoms with Crippen LogP contribution in [0.25, 0.3) is 0 Å². The number of rotatable bonds is 2. The summed E-state index contributed by atoms with van der Waals surface area (Å²) in [5.74, 6) is -0.0533. The van der Waals surface area contributed by atoms with Gasteiger partial charge < -0.3 is 10.5 Å². The molecule has 1 amide bonds. The van der Waals surface area contributed by atoms with Gasteiger partial charge in [0, 0.05) is 6.21 Å². The number of hydrogen-bond acceptors (Lipinski definition) is 6. The molecule has 0 aromatic heterocycles. The number of fused-ring (bicyclic) bond motifs is 1. The van der Waals surface area contributed by atoms with Gasteiger partial charge in [-0.15, -0.1) is 11.8 Å². The Morgan fingerprint density at radius 3 is 3.40 bits per heavy atom. The molecular formula is C8H8N4O2S. The van der Waals surface area contributed by atoms with E-state index in [-0.39, 0.29) is 11.3 Å². The summed E-state index contributed by atoms with van der Waals surface area (Å²) in [6.45, 7) is 0. The molecule has 0 aromatic carbocycles. The van der Waals surface area contributed by atoms with E-state index >= 15 is 0 Å². The summed E-state index contributed by atoms with van der Waals surface area (Å²) in [6.07, 6.45) is 4.29. The van der Waals surface area contributed by atoms with Crippen molar-refractivity contribution in [1.29, 1.82) is 0 Å². The van der Waals surface area contributed by atoms with Gasteiger partial charge in [-0.3, -0.25) is 9.79 Å². The molecule has 0 radical (unpaired) electrons. The molecule has 2 atom stereocenters. The van der Waals surface area contributed by atoms with E-state index in [0.29, 0.717) is 5.82 Å². The maximum absolute atomic E-state index is 11.0. The summed E-state index contributed by atoms with van der Waals surface area (Å²) in [5, 5.41) is 13.4. The van der Waals surface area contributed by atoms with Gasteiger partial charge in [-0.05, 0) is 6.08 Å². The molecule has 0 aromatic rings. The van der Waals surface area contributed by atoms with Crippen molar-refractivity contribution < 1.29 is 10.0 Å². The van der Waals surface area contributed by atoms with E-state index in [0.717, 1.165) is 6.21 Å². The molecule has 78 valence electrons. The number of carbonyl (C=O) groups excluding carboxylic acids is 1. The van der Waals surface area contributed by atoms with Crippen LogP contribution in [0.2, 0.25) is 0 Å². The molecule has 0 bridgehead atoms. The highest BCUT2D eigenvalue weighted by molar-refractivity contribution is 8.13.